The number of benzene rings is 1. The van der Waals surface area contributed by atoms with E-state index in [0.717, 1.165) is 28.4 Å². The molecule has 2 N–H and O–H groups in total. The van der Waals surface area contributed by atoms with Gasteiger partial charge in [0.2, 0.25) is 5.91 Å². The van der Waals surface area contributed by atoms with E-state index in [1.54, 1.807) is 6.20 Å². The Kier molecular flexibility index (Phi) is 4.56. The van der Waals surface area contributed by atoms with Crippen molar-refractivity contribution in [1.82, 2.24) is 14.4 Å². The average molecular weight is 349 g/mol. The lowest BCUT2D eigenvalue weighted by molar-refractivity contribution is -0.114. The van der Waals surface area contributed by atoms with Crippen molar-refractivity contribution in [3.63, 3.8) is 0 Å². The maximum atomic E-state index is 11.3. The topological polar surface area (TPSA) is 71.3 Å². The summed E-state index contributed by atoms with van der Waals surface area (Å²) in [6.07, 6.45) is 11.8. The second-order valence-electron chi connectivity index (χ2n) is 6.85. The first kappa shape index (κ1) is 16.6. The molecular weight excluding hydrogens is 326 g/mol. The number of aromatic nitrogens is 3. The average Bonchev–Trinajstić information content (AvgIpc) is 3.07. The van der Waals surface area contributed by atoms with Gasteiger partial charge in [0.05, 0.1) is 11.9 Å². The largest absolute Gasteiger partial charge is 0.364 e. The summed E-state index contributed by atoms with van der Waals surface area (Å²) >= 11 is 0. The zero-order chi connectivity index (χ0) is 17.9. The Morgan fingerprint density at radius 1 is 1.19 bits per heavy atom. The fourth-order valence-corrected chi connectivity index (χ4v) is 3.63. The van der Waals surface area contributed by atoms with Gasteiger partial charge in [-0.15, -0.1) is 0 Å². The van der Waals surface area contributed by atoms with Crippen LogP contribution in [0.2, 0.25) is 0 Å². The van der Waals surface area contributed by atoms with Crippen LogP contribution in [0, 0.1) is 0 Å². The third kappa shape index (κ3) is 3.40. The number of carbonyl (C=O) groups excluding carboxylic acids is 1. The van der Waals surface area contributed by atoms with Gasteiger partial charge >= 0.3 is 0 Å². The Bertz CT molecular complexity index is 927. The number of nitrogens with zero attached hydrogens (tertiary/aromatic N) is 3. The molecule has 6 nitrogen and oxygen atoms in total. The number of amides is 1. The highest BCUT2D eigenvalue weighted by Gasteiger charge is 2.16. The van der Waals surface area contributed by atoms with E-state index in [2.05, 4.69) is 20.6 Å². The lowest BCUT2D eigenvalue weighted by Crippen LogP contribution is -2.23. The fraction of sp³-hybridized carbons (Fsp3) is 0.350. The molecule has 4 rings (SSSR count). The van der Waals surface area contributed by atoms with Crippen LogP contribution in [0.25, 0.3) is 16.9 Å². The van der Waals surface area contributed by atoms with E-state index in [1.807, 2.05) is 41.1 Å². The van der Waals surface area contributed by atoms with Gasteiger partial charge in [-0.05, 0) is 25.0 Å². The number of anilines is 2. The van der Waals surface area contributed by atoms with Gasteiger partial charge in [-0.25, -0.2) is 9.97 Å². The number of fused-ring (bicyclic) bond motifs is 1. The quantitative estimate of drug-likeness (QED) is 0.744. The third-order valence-electron chi connectivity index (χ3n) is 4.85. The van der Waals surface area contributed by atoms with Crippen molar-refractivity contribution in [3.05, 3.63) is 42.9 Å². The minimum Gasteiger partial charge on any atom is -0.364 e. The van der Waals surface area contributed by atoms with E-state index in [-0.39, 0.29) is 5.91 Å². The molecule has 0 aliphatic heterocycles. The Labute approximate surface area is 152 Å². The molecule has 0 bridgehead atoms. The van der Waals surface area contributed by atoms with E-state index in [0.29, 0.717) is 6.04 Å². The van der Waals surface area contributed by atoms with Gasteiger partial charge in [-0.2, -0.15) is 0 Å². The molecule has 3 aromatic rings. The van der Waals surface area contributed by atoms with Crippen LogP contribution in [-0.4, -0.2) is 26.3 Å². The first-order valence-corrected chi connectivity index (χ1v) is 9.17. The molecular formula is C20H23N5O. The number of hydrogen-bond donors (Lipinski definition) is 2. The summed E-state index contributed by atoms with van der Waals surface area (Å²) in [5.74, 6) is 0.757. The SMILES string of the molecule is CC(=O)Nc1cccc(-c2cnc3c(NC4CCCCC4)nccn23)c1. The lowest BCUT2D eigenvalue weighted by atomic mass is 9.95. The van der Waals surface area contributed by atoms with Gasteiger partial charge in [0.25, 0.3) is 0 Å². The number of imidazole rings is 1. The summed E-state index contributed by atoms with van der Waals surface area (Å²) in [5, 5.41) is 6.40. The van der Waals surface area contributed by atoms with E-state index < -0.39 is 0 Å². The number of rotatable bonds is 4. The summed E-state index contributed by atoms with van der Waals surface area (Å²) in [6, 6.07) is 8.27. The minimum atomic E-state index is -0.0801. The van der Waals surface area contributed by atoms with E-state index >= 15 is 0 Å². The van der Waals surface area contributed by atoms with Crippen LogP contribution in [0.4, 0.5) is 11.5 Å². The Morgan fingerprint density at radius 3 is 2.85 bits per heavy atom. The molecule has 0 atom stereocenters. The normalized spacial score (nSPS) is 15.1. The zero-order valence-corrected chi connectivity index (χ0v) is 14.9. The molecule has 1 saturated carbocycles. The summed E-state index contributed by atoms with van der Waals surface area (Å²) < 4.78 is 2.05. The molecule has 2 heterocycles. The van der Waals surface area contributed by atoms with Crippen LogP contribution in [-0.2, 0) is 4.79 Å². The summed E-state index contributed by atoms with van der Waals surface area (Å²) in [4.78, 5) is 20.4. The number of carbonyl (C=O) groups is 1. The van der Waals surface area contributed by atoms with Gasteiger partial charge in [0, 0.05) is 36.6 Å². The van der Waals surface area contributed by atoms with Crippen molar-refractivity contribution < 1.29 is 4.79 Å². The Balaban J connectivity index is 1.67. The van der Waals surface area contributed by atoms with Crippen LogP contribution in [0.3, 0.4) is 0 Å². The van der Waals surface area contributed by atoms with Crippen molar-refractivity contribution >= 4 is 23.1 Å². The van der Waals surface area contributed by atoms with Crippen LogP contribution in [0.1, 0.15) is 39.0 Å². The van der Waals surface area contributed by atoms with Gasteiger partial charge in [0.15, 0.2) is 11.5 Å². The molecule has 0 saturated heterocycles. The molecule has 0 radical (unpaired) electrons. The first-order chi connectivity index (χ1) is 12.7. The smallest absolute Gasteiger partial charge is 0.221 e. The predicted molar refractivity (Wildman–Crippen MR) is 103 cm³/mol. The van der Waals surface area contributed by atoms with E-state index in [4.69, 9.17) is 0 Å². The minimum absolute atomic E-state index is 0.0801. The third-order valence-corrected chi connectivity index (χ3v) is 4.85. The maximum Gasteiger partial charge on any atom is 0.221 e. The fourth-order valence-electron chi connectivity index (χ4n) is 3.63. The zero-order valence-electron chi connectivity index (χ0n) is 14.9. The summed E-state index contributed by atoms with van der Waals surface area (Å²) in [7, 11) is 0. The van der Waals surface area contributed by atoms with Crippen molar-refractivity contribution in [2.24, 2.45) is 0 Å². The summed E-state index contributed by atoms with van der Waals surface area (Å²) in [6.45, 7) is 1.51. The van der Waals surface area contributed by atoms with Crippen molar-refractivity contribution in [2.45, 2.75) is 45.1 Å². The standard InChI is InChI=1S/C20H23N5O/c1-14(26)23-17-9-5-6-15(12-17)18-13-22-20-19(21-10-11-25(18)20)24-16-7-3-2-4-8-16/h5-6,9-13,16H,2-4,7-8H2,1H3,(H,21,24)(H,23,26). The molecule has 1 amide bonds. The molecule has 1 aliphatic rings. The Hall–Kier alpha value is -2.89. The summed E-state index contributed by atoms with van der Waals surface area (Å²) in [5.41, 5.74) is 3.58. The van der Waals surface area contributed by atoms with Gasteiger partial charge in [0.1, 0.15) is 0 Å². The molecule has 1 aliphatic carbocycles. The molecule has 0 spiro atoms. The number of hydrogen-bond acceptors (Lipinski definition) is 4. The molecule has 0 unspecified atom stereocenters. The molecule has 1 fully saturated rings. The van der Waals surface area contributed by atoms with Gasteiger partial charge < -0.3 is 10.6 Å². The molecule has 1 aromatic carbocycles. The van der Waals surface area contributed by atoms with E-state index in [1.165, 1.54) is 39.0 Å². The second kappa shape index (κ2) is 7.15. The molecule has 26 heavy (non-hydrogen) atoms. The maximum absolute atomic E-state index is 11.3. The van der Waals surface area contributed by atoms with Crippen LogP contribution in [0.5, 0.6) is 0 Å². The monoisotopic (exact) mass is 349 g/mol. The van der Waals surface area contributed by atoms with Gasteiger partial charge in [-0.3, -0.25) is 9.20 Å². The first-order valence-electron chi connectivity index (χ1n) is 9.17. The lowest BCUT2D eigenvalue weighted by Gasteiger charge is -2.23. The highest BCUT2D eigenvalue weighted by atomic mass is 16.1. The van der Waals surface area contributed by atoms with Crippen molar-refractivity contribution in [3.8, 4) is 11.3 Å². The Morgan fingerprint density at radius 2 is 2.04 bits per heavy atom. The molecule has 2 aromatic heterocycles. The molecule has 134 valence electrons. The van der Waals surface area contributed by atoms with Crippen LogP contribution < -0.4 is 10.6 Å². The highest BCUT2D eigenvalue weighted by Crippen LogP contribution is 2.27. The van der Waals surface area contributed by atoms with Crippen molar-refractivity contribution in [2.75, 3.05) is 10.6 Å². The van der Waals surface area contributed by atoms with Gasteiger partial charge in [-0.1, -0.05) is 31.4 Å². The highest BCUT2D eigenvalue weighted by molar-refractivity contribution is 5.89. The molecule has 6 heteroatoms. The van der Waals surface area contributed by atoms with Crippen molar-refractivity contribution in [1.29, 1.82) is 0 Å². The van der Waals surface area contributed by atoms with E-state index in [9.17, 15) is 4.79 Å². The van der Waals surface area contributed by atoms with Crippen LogP contribution >= 0.6 is 0 Å². The number of nitrogens with one attached hydrogen (secondary N) is 2. The predicted octanol–water partition coefficient (Wildman–Crippen LogP) is 4.10. The second-order valence-corrected chi connectivity index (χ2v) is 6.85. The van der Waals surface area contributed by atoms with Crippen LogP contribution in [0.15, 0.2) is 42.9 Å².